The lowest BCUT2D eigenvalue weighted by Gasteiger charge is -2.33. The number of nitrogens with one attached hydrogen (secondary N) is 1. The van der Waals surface area contributed by atoms with Crippen LogP contribution in [0.5, 0.6) is 0 Å². The Kier molecular flexibility index (Phi) is 13.5. The second kappa shape index (κ2) is 15.7. The highest BCUT2D eigenvalue weighted by Crippen LogP contribution is 2.26. The molecule has 0 bridgehead atoms. The SMILES string of the molecule is CC(C)(C)OC(=O)NCC(=O)N1CCC[C@H]1C(=O)N(c1ccccc1)[C@H](C=O)CCCN=C(N)N.O=S(=O)(O)O. The molecule has 1 aromatic rings. The third-order valence-electron chi connectivity index (χ3n) is 5.35. The lowest BCUT2D eigenvalue weighted by Crippen LogP contribution is -2.53. The van der Waals surface area contributed by atoms with Crippen molar-refractivity contribution in [2.75, 3.05) is 24.5 Å². The molecule has 0 aliphatic carbocycles. The maximum Gasteiger partial charge on any atom is 0.408 e. The largest absolute Gasteiger partial charge is 0.444 e. The molecule has 2 rings (SSSR count). The number of carbonyl (C=O) groups excluding carboxylic acids is 4. The molecule has 1 aliphatic rings. The van der Waals surface area contributed by atoms with Crippen LogP contribution in [0.25, 0.3) is 0 Å². The third-order valence-corrected chi connectivity index (χ3v) is 5.35. The zero-order valence-corrected chi connectivity index (χ0v) is 23.5. The van der Waals surface area contributed by atoms with Crippen LogP contribution >= 0.6 is 0 Å². The first-order valence-corrected chi connectivity index (χ1v) is 13.8. The Morgan fingerprint density at radius 3 is 2.35 bits per heavy atom. The molecule has 2 atom stereocenters. The minimum absolute atomic E-state index is 0.0382. The Labute approximate surface area is 233 Å². The van der Waals surface area contributed by atoms with Gasteiger partial charge in [-0.1, -0.05) is 18.2 Å². The number of hydrogen-bond acceptors (Lipinski definition) is 8. The van der Waals surface area contributed by atoms with Crippen molar-refractivity contribution in [3.8, 4) is 0 Å². The summed E-state index contributed by atoms with van der Waals surface area (Å²) in [7, 11) is -4.67. The van der Waals surface area contributed by atoms with Crippen LogP contribution in [-0.4, -0.2) is 89.9 Å². The second-order valence-corrected chi connectivity index (χ2v) is 10.6. The number of aldehydes is 1. The van der Waals surface area contributed by atoms with E-state index in [9.17, 15) is 19.2 Å². The van der Waals surface area contributed by atoms with Gasteiger partial charge in [-0.2, -0.15) is 8.42 Å². The molecule has 0 saturated carbocycles. The molecular formula is C24H38N6O9S. The number of anilines is 1. The number of likely N-dealkylation sites (tertiary alicyclic amines) is 1. The van der Waals surface area contributed by atoms with E-state index >= 15 is 0 Å². The first-order chi connectivity index (χ1) is 18.5. The molecule has 0 aromatic heterocycles. The Balaban J connectivity index is 0.00000146. The maximum absolute atomic E-state index is 13.7. The zero-order valence-electron chi connectivity index (χ0n) is 22.7. The molecule has 1 saturated heterocycles. The third kappa shape index (κ3) is 13.3. The molecule has 15 nitrogen and oxygen atoms in total. The van der Waals surface area contributed by atoms with Gasteiger partial charge in [-0.05, 0) is 58.6 Å². The van der Waals surface area contributed by atoms with Crippen LogP contribution in [0, 0.1) is 0 Å². The lowest BCUT2D eigenvalue weighted by atomic mass is 10.1. The molecule has 40 heavy (non-hydrogen) atoms. The van der Waals surface area contributed by atoms with Crippen LogP contribution in [0.3, 0.4) is 0 Å². The normalized spacial score (nSPS) is 15.6. The number of ether oxygens (including phenoxy) is 1. The maximum atomic E-state index is 13.7. The van der Waals surface area contributed by atoms with E-state index in [1.807, 2.05) is 6.07 Å². The van der Waals surface area contributed by atoms with Gasteiger partial charge in [-0.3, -0.25) is 23.7 Å². The Morgan fingerprint density at radius 1 is 1.23 bits per heavy atom. The summed E-state index contributed by atoms with van der Waals surface area (Å²) in [5.74, 6) is -0.780. The van der Waals surface area contributed by atoms with E-state index in [4.69, 9.17) is 33.7 Å². The average molecular weight is 587 g/mol. The fourth-order valence-corrected chi connectivity index (χ4v) is 3.88. The quantitative estimate of drug-likeness (QED) is 0.0832. The van der Waals surface area contributed by atoms with E-state index in [1.165, 1.54) is 9.80 Å². The molecule has 1 fully saturated rings. The summed E-state index contributed by atoms with van der Waals surface area (Å²) in [6, 6.07) is 7.36. The van der Waals surface area contributed by atoms with Gasteiger partial charge in [0, 0.05) is 18.8 Å². The van der Waals surface area contributed by atoms with E-state index in [-0.39, 0.29) is 18.4 Å². The molecule has 7 N–H and O–H groups in total. The van der Waals surface area contributed by atoms with E-state index < -0.39 is 40.1 Å². The average Bonchev–Trinajstić information content (AvgIpc) is 3.32. The monoisotopic (exact) mass is 586 g/mol. The summed E-state index contributed by atoms with van der Waals surface area (Å²) >= 11 is 0. The van der Waals surface area contributed by atoms with E-state index in [0.717, 1.165) is 6.29 Å². The fourth-order valence-electron chi connectivity index (χ4n) is 3.88. The van der Waals surface area contributed by atoms with Gasteiger partial charge in [0.2, 0.25) is 11.8 Å². The van der Waals surface area contributed by atoms with Crippen molar-refractivity contribution < 1.29 is 41.4 Å². The van der Waals surface area contributed by atoms with Gasteiger partial charge in [0.15, 0.2) is 5.96 Å². The smallest absolute Gasteiger partial charge is 0.408 e. The van der Waals surface area contributed by atoms with Crippen molar-refractivity contribution in [1.82, 2.24) is 10.2 Å². The van der Waals surface area contributed by atoms with Gasteiger partial charge in [0.25, 0.3) is 0 Å². The minimum Gasteiger partial charge on any atom is -0.444 e. The minimum atomic E-state index is -4.67. The first-order valence-electron chi connectivity index (χ1n) is 12.4. The molecular weight excluding hydrogens is 548 g/mol. The predicted molar refractivity (Wildman–Crippen MR) is 147 cm³/mol. The molecule has 0 unspecified atom stereocenters. The highest BCUT2D eigenvalue weighted by molar-refractivity contribution is 7.79. The van der Waals surface area contributed by atoms with Crippen molar-refractivity contribution in [3.05, 3.63) is 30.3 Å². The van der Waals surface area contributed by atoms with Gasteiger partial charge in [-0.25, -0.2) is 4.79 Å². The van der Waals surface area contributed by atoms with Crippen molar-refractivity contribution >= 4 is 46.2 Å². The number of rotatable bonds is 10. The summed E-state index contributed by atoms with van der Waals surface area (Å²) in [5, 5.41) is 2.45. The van der Waals surface area contributed by atoms with Gasteiger partial charge >= 0.3 is 16.5 Å². The topological polar surface area (TPSA) is 235 Å². The zero-order chi connectivity index (χ0) is 30.5. The van der Waals surface area contributed by atoms with Crippen LogP contribution < -0.4 is 21.7 Å². The summed E-state index contributed by atoms with van der Waals surface area (Å²) in [6.07, 6.45) is 1.95. The van der Waals surface area contributed by atoms with E-state index in [1.54, 1.807) is 45.0 Å². The number of hydrogen-bond donors (Lipinski definition) is 5. The van der Waals surface area contributed by atoms with Gasteiger partial charge in [0.1, 0.15) is 24.5 Å². The molecule has 0 radical (unpaired) electrons. The molecule has 1 aromatic carbocycles. The number of carbonyl (C=O) groups is 4. The molecule has 0 spiro atoms. The number of alkyl carbamates (subject to hydrolysis) is 1. The number of amides is 3. The standard InChI is InChI=1S/C24H36N6O5.H2O4S/c1-24(2,3)35-23(34)28-15-20(32)29-14-8-12-19(29)21(33)30(17-9-5-4-6-10-17)18(16-31)11-7-13-27-22(25)26;1-5(2,3)4/h4-6,9-10,16,18-19H,7-8,11-15H2,1-3H3,(H,28,34)(H4,25,26,27);(H2,1,2,3,4)/t18-,19-;/m0./s1. The van der Waals surface area contributed by atoms with Crippen molar-refractivity contribution in [1.29, 1.82) is 0 Å². The van der Waals surface area contributed by atoms with Crippen LogP contribution in [0.1, 0.15) is 46.5 Å². The predicted octanol–water partition coefficient (Wildman–Crippen LogP) is 0.504. The van der Waals surface area contributed by atoms with Crippen molar-refractivity contribution in [2.45, 2.75) is 64.1 Å². The summed E-state index contributed by atoms with van der Waals surface area (Å²) in [6.45, 7) is 5.59. The number of guanidine groups is 1. The molecule has 1 heterocycles. The van der Waals surface area contributed by atoms with Crippen molar-refractivity contribution in [2.24, 2.45) is 16.5 Å². The molecule has 16 heteroatoms. The number of para-hydroxylation sites is 1. The Hall–Kier alpha value is -3.76. The summed E-state index contributed by atoms with van der Waals surface area (Å²) in [4.78, 5) is 57.4. The van der Waals surface area contributed by atoms with Crippen molar-refractivity contribution in [3.63, 3.8) is 0 Å². The Morgan fingerprint density at radius 2 is 1.82 bits per heavy atom. The van der Waals surface area contributed by atoms with Gasteiger partial charge in [0.05, 0.1) is 6.04 Å². The highest BCUT2D eigenvalue weighted by atomic mass is 32.3. The van der Waals surface area contributed by atoms with Crippen LogP contribution in [0.15, 0.2) is 35.3 Å². The van der Waals surface area contributed by atoms with Gasteiger partial charge in [-0.15, -0.1) is 0 Å². The summed E-state index contributed by atoms with van der Waals surface area (Å²) < 4.78 is 36.8. The lowest BCUT2D eigenvalue weighted by molar-refractivity contribution is -0.137. The molecule has 1 aliphatic heterocycles. The Bertz CT molecular complexity index is 1130. The second-order valence-electron chi connectivity index (χ2n) is 9.74. The first kappa shape index (κ1) is 34.3. The van der Waals surface area contributed by atoms with E-state index in [0.29, 0.717) is 44.5 Å². The number of benzene rings is 1. The van der Waals surface area contributed by atoms with Crippen LogP contribution in [0.2, 0.25) is 0 Å². The molecule has 224 valence electrons. The number of nitrogens with two attached hydrogens (primary N) is 2. The van der Waals surface area contributed by atoms with Crippen LogP contribution in [-0.2, 0) is 29.5 Å². The number of aliphatic imine (C=N–C) groups is 1. The number of nitrogens with zero attached hydrogens (tertiary/aromatic N) is 3. The highest BCUT2D eigenvalue weighted by Gasteiger charge is 2.39. The van der Waals surface area contributed by atoms with Gasteiger partial charge < -0.3 is 36.1 Å². The molecule has 3 amide bonds. The summed E-state index contributed by atoms with van der Waals surface area (Å²) in [5.41, 5.74) is 10.6. The van der Waals surface area contributed by atoms with Crippen LogP contribution in [0.4, 0.5) is 10.5 Å². The fraction of sp³-hybridized carbons (Fsp3) is 0.542. The van der Waals surface area contributed by atoms with E-state index in [2.05, 4.69) is 10.3 Å².